The first-order valence-corrected chi connectivity index (χ1v) is 12.5. The van der Waals surface area contributed by atoms with Crippen molar-refractivity contribution < 1.29 is 9.90 Å². The van der Waals surface area contributed by atoms with E-state index in [1.807, 2.05) is 35.0 Å². The highest BCUT2D eigenvalue weighted by Gasteiger charge is 2.48. The molecule has 1 unspecified atom stereocenters. The second-order valence-corrected chi connectivity index (χ2v) is 10.7. The van der Waals surface area contributed by atoms with Crippen molar-refractivity contribution in [2.75, 3.05) is 24.6 Å². The molecule has 4 saturated carbocycles. The summed E-state index contributed by atoms with van der Waals surface area (Å²) < 4.78 is 1.91. The molecule has 0 spiro atoms. The number of carbonyl (C=O) groups is 1. The standard InChI is InChI=1S/C26H34N4O2/c31-16-17-5-4-8-29(15-17)26-23(14-27-30(26)22-6-2-1-3-7-22)25(32)28-24-20-10-18-9-19(12-20)13-21(24)11-18/h1-3,6-7,14,17-21,24,31H,4-5,8-13,15-16H2,(H,28,32). The zero-order valence-electron chi connectivity index (χ0n) is 18.7. The highest BCUT2D eigenvalue weighted by molar-refractivity contribution is 5.99. The van der Waals surface area contributed by atoms with Gasteiger partial charge in [-0.3, -0.25) is 4.79 Å². The number of aliphatic hydroxyl groups is 1. The minimum atomic E-state index is 0.0192. The molecule has 6 heteroatoms. The summed E-state index contributed by atoms with van der Waals surface area (Å²) in [7, 11) is 0. The van der Waals surface area contributed by atoms with Crippen molar-refractivity contribution in [1.82, 2.24) is 15.1 Å². The van der Waals surface area contributed by atoms with Crippen LogP contribution in [0.4, 0.5) is 5.82 Å². The molecule has 1 atom stereocenters. The number of hydrogen-bond donors (Lipinski definition) is 2. The van der Waals surface area contributed by atoms with Crippen molar-refractivity contribution in [2.45, 2.75) is 51.0 Å². The summed E-state index contributed by atoms with van der Waals surface area (Å²) in [5.74, 6) is 4.22. The molecule has 4 aliphatic carbocycles. The number of carbonyl (C=O) groups excluding carboxylic acids is 1. The molecule has 1 aromatic carbocycles. The van der Waals surface area contributed by atoms with Crippen LogP contribution in [0.3, 0.4) is 0 Å². The van der Waals surface area contributed by atoms with Crippen LogP contribution in [0.2, 0.25) is 0 Å². The monoisotopic (exact) mass is 434 g/mol. The number of anilines is 1. The smallest absolute Gasteiger partial charge is 0.256 e. The number of nitrogens with zero attached hydrogens (tertiary/aromatic N) is 3. The summed E-state index contributed by atoms with van der Waals surface area (Å²) in [5, 5.41) is 17.9. The molecule has 32 heavy (non-hydrogen) atoms. The van der Waals surface area contributed by atoms with Gasteiger partial charge in [0.15, 0.2) is 0 Å². The fraction of sp³-hybridized carbons (Fsp3) is 0.615. The molecule has 1 aliphatic heterocycles. The number of benzene rings is 1. The van der Waals surface area contributed by atoms with Crippen molar-refractivity contribution in [3.05, 3.63) is 42.1 Å². The van der Waals surface area contributed by atoms with E-state index in [0.717, 1.165) is 49.3 Å². The van der Waals surface area contributed by atoms with Crippen LogP contribution >= 0.6 is 0 Å². The molecule has 5 aliphatic rings. The number of rotatable bonds is 5. The Balaban J connectivity index is 1.31. The van der Waals surface area contributed by atoms with Gasteiger partial charge in [0.25, 0.3) is 5.91 Å². The van der Waals surface area contributed by atoms with Gasteiger partial charge < -0.3 is 15.3 Å². The van der Waals surface area contributed by atoms with Gasteiger partial charge in [0.1, 0.15) is 11.4 Å². The maximum atomic E-state index is 13.7. The lowest BCUT2D eigenvalue weighted by atomic mass is 9.54. The molecule has 5 fully saturated rings. The van der Waals surface area contributed by atoms with Crippen molar-refractivity contribution in [3.63, 3.8) is 0 Å². The summed E-state index contributed by atoms with van der Waals surface area (Å²) in [5.41, 5.74) is 1.63. The Labute approximate surface area is 190 Å². The van der Waals surface area contributed by atoms with Crippen molar-refractivity contribution in [2.24, 2.45) is 29.6 Å². The summed E-state index contributed by atoms with van der Waals surface area (Å²) in [6.07, 6.45) is 10.4. The van der Waals surface area contributed by atoms with E-state index in [1.165, 1.54) is 32.1 Å². The summed E-state index contributed by atoms with van der Waals surface area (Å²) in [6.45, 7) is 1.83. The molecule has 4 bridgehead atoms. The zero-order valence-corrected chi connectivity index (χ0v) is 18.7. The first-order valence-electron chi connectivity index (χ1n) is 12.5. The van der Waals surface area contributed by atoms with Crippen molar-refractivity contribution in [3.8, 4) is 5.69 Å². The molecular formula is C26H34N4O2. The van der Waals surface area contributed by atoms with Crippen LogP contribution in [-0.4, -0.2) is 46.5 Å². The minimum absolute atomic E-state index is 0.0192. The zero-order chi connectivity index (χ0) is 21.7. The van der Waals surface area contributed by atoms with E-state index in [0.29, 0.717) is 23.4 Å². The maximum Gasteiger partial charge on any atom is 0.256 e. The van der Waals surface area contributed by atoms with Crippen LogP contribution in [-0.2, 0) is 0 Å². The minimum Gasteiger partial charge on any atom is -0.396 e. The van der Waals surface area contributed by atoms with E-state index in [4.69, 9.17) is 0 Å². The number of para-hydroxylation sites is 1. The van der Waals surface area contributed by atoms with E-state index in [9.17, 15) is 9.90 Å². The van der Waals surface area contributed by atoms with Crippen molar-refractivity contribution in [1.29, 1.82) is 0 Å². The third-order valence-electron chi connectivity index (χ3n) is 8.59. The average molecular weight is 435 g/mol. The van der Waals surface area contributed by atoms with Gasteiger partial charge in [-0.2, -0.15) is 5.10 Å². The molecule has 2 heterocycles. The van der Waals surface area contributed by atoms with Crippen LogP contribution in [0, 0.1) is 29.6 Å². The molecule has 6 nitrogen and oxygen atoms in total. The molecule has 0 radical (unpaired) electrons. The second kappa shape index (κ2) is 8.22. The SMILES string of the molecule is O=C(NC1C2CC3CC(C2)CC1C3)c1cnn(-c2ccccc2)c1N1CCCC(CO)C1. The van der Waals surface area contributed by atoms with Gasteiger partial charge >= 0.3 is 0 Å². The predicted molar refractivity (Wildman–Crippen MR) is 124 cm³/mol. The van der Waals surface area contributed by atoms with Gasteiger partial charge in [-0.05, 0) is 86.7 Å². The number of hydrogen-bond acceptors (Lipinski definition) is 4. The largest absolute Gasteiger partial charge is 0.396 e. The quantitative estimate of drug-likeness (QED) is 0.754. The van der Waals surface area contributed by atoms with Gasteiger partial charge in [-0.25, -0.2) is 4.68 Å². The maximum absolute atomic E-state index is 13.7. The predicted octanol–water partition coefficient (Wildman–Crippen LogP) is 3.64. The third kappa shape index (κ3) is 3.53. The van der Waals surface area contributed by atoms with Gasteiger partial charge in [0, 0.05) is 25.7 Å². The van der Waals surface area contributed by atoms with Gasteiger partial charge in [-0.1, -0.05) is 18.2 Å². The Bertz CT molecular complexity index is 943. The molecular weight excluding hydrogens is 400 g/mol. The highest BCUT2D eigenvalue weighted by Crippen LogP contribution is 2.53. The van der Waals surface area contributed by atoms with Gasteiger partial charge in [-0.15, -0.1) is 0 Å². The van der Waals surface area contributed by atoms with E-state index in [1.54, 1.807) is 6.20 Å². The Kier molecular flexibility index (Phi) is 5.21. The lowest BCUT2D eigenvalue weighted by Crippen LogP contribution is -2.55. The Morgan fingerprint density at radius 3 is 2.47 bits per heavy atom. The number of aromatic nitrogens is 2. The lowest BCUT2D eigenvalue weighted by Gasteiger charge is -2.54. The van der Waals surface area contributed by atoms with E-state index < -0.39 is 0 Å². The average Bonchev–Trinajstić information content (AvgIpc) is 3.27. The topological polar surface area (TPSA) is 70.4 Å². The molecule has 1 aromatic heterocycles. The fourth-order valence-electron chi connectivity index (χ4n) is 7.36. The van der Waals surface area contributed by atoms with Gasteiger partial charge in [0.2, 0.25) is 0 Å². The highest BCUT2D eigenvalue weighted by atomic mass is 16.3. The Morgan fingerprint density at radius 1 is 1.06 bits per heavy atom. The molecule has 7 rings (SSSR count). The lowest BCUT2D eigenvalue weighted by molar-refractivity contribution is -0.0119. The van der Waals surface area contributed by atoms with E-state index in [2.05, 4.69) is 15.3 Å². The molecule has 170 valence electrons. The number of amides is 1. The van der Waals surface area contributed by atoms with Gasteiger partial charge in [0.05, 0.1) is 11.9 Å². The fourth-order valence-corrected chi connectivity index (χ4v) is 7.36. The molecule has 1 saturated heterocycles. The first kappa shape index (κ1) is 20.3. The molecule has 1 amide bonds. The van der Waals surface area contributed by atoms with E-state index in [-0.39, 0.29) is 18.4 Å². The second-order valence-electron chi connectivity index (χ2n) is 10.7. The number of aliphatic hydroxyl groups excluding tert-OH is 1. The normalized spacial score (nSPS) is 33.5. The Morgan fingerprint density at radius 2 is 1.78 bits per heavy atom. The third-order valence-corrected chi connectivity index (χ3v) is 8.59. The van der Waals surface area contributed by atoms with E-state index >= 15 is 0 Å². The van der Waals surface area contributed by atoms with Crippen LogP contribution in [0.25, 0.3) is 5.69 Å². The molecule has 2 N–H and O–H groups in total. The van der Waals surface area contributed by atoms with Crippen LogP contribution in [0.1, 0.15) is 55.3 Å². The summed E-state index contributed by atoms with van der Waals surface area (Å²) in [6, 6.07) is 10.4. The number of piperidine rings is 1. The Hall–Kier alpha value is -2.34. The summed E-state index contributed by atoms with van der Waals surface area (Å²) >= 11 is 0. The number of nitrogens with one attached hydrogen (secondary N) is 1. The van der Waals surface area contributed by atoms with Crippen LogP contribution in [0.5, 0.6) is 0 Å². The molecule has 2 aromatic rings. The first-order chi connectivity index (χ1) is 15.7. The van der Waals surface area contributed by atoms with Crippen molar-refractivity contribution >= 4 is 11.7 Å². The van der Waals surface area contributed by atoms with Crippen LogP contribution in [0.15, 0.2) is 36.5 Å². The summed E-state index contributed by atoms with van der Waals surface area (Å²) in [4.78, 5) is 15.9. The van der Waals surface area contributed by atoms with Crippen LogP contribution < -0.4 is 10.2 Å².